The zero-order chi connectivity index (χ0) is 23.3. The molecule has 2 amide bonds. The average molecular weight is 452 g/mol. The number of aryl methyl sites for hydroxylation is 1. The number of benzene rings is 2. The Kier molecular flexibility index (Phi) is 7.69. The molecule has 8 heteroatoms. The maximum atomic E-state index is 12.6. The van der Waals surface area contributed by atoms with E-state index in [9.17, 15) is 9.59 Å². The minimum Gasteiger partial charge on any atom is -0.342 e. The minimum absolute atomic E-state index is 0.113. The molecular formula is C24H29N5O2S. The lowest BCUT2D eigenvalue weighted by Gasteiger charge is -2.14. The molecule has 0 saturated heterocycles. The van der Waals surface area contributed by atoms with Gasteiger partial charge in [-0.25, -0.2) is 0 Å². The Labute approximate surface area is 193 Å². The Morgan fingerprint density at radius 1 is 1.03 bits per heavy atom. The van der Waals surface area contributed by atoms with Crippen molar-refractivity contribution in [2.45, 2.75) is 44.8 Å². The summed E-state index contributed by atoms with van der Waals surface area (Å²) in [5.41, 5.74) is 3.55. The van der Waals surface area contributed by atoms with Crippen LogP contribution in [0.25, 0.3) is 0 Å². The number of nitrogens with one attached hydrogen (secondary N) is 2. The van der Waals surface area contributed by atoms with Gasteiger partial charge >= 0.3 is 0 Å². The van der Waals surface area contributed by atoms with Crippen LogP contribution in [0.4, 0.5) is 5.69 Å². The predicted molar refractivity (Wildman–Crippen MR) is 128 cm³/mol. The van der Waals surface area contributed by atoms with E-state index >= 15 is 0 Å². The molecule has 3 aromatic rings. The third kappa shape index (κ3) is 5.76. The highest BCUT2D eigenvalue weighted by Crippen LogP contribution is 2.21. The SMILES string of the molecule is Cc1ccccc1C(=O)N[C@@H](C)c1nnc(SCC(=O)Nc2ccc(C(C)C)cc2)n1C. The van der Waals surface area contributed by atoms with Gasteiger partial charge in [-0.1, -0.05) is 55.9 Å². The number of carbonyl (C=O) groups excluding carboxylic acids is 2. The van der Waals surface area contributed by atoms with Crippen molar-refractivity contribution in [2.24, 2.45) is 7.05 Å². The number of aromatic nitrogens is 3. The van der Waals surface area contributed by atoms with Crippen LogP contribution < -0.4 is 10.6 Å². The molecule has 0 saturated carbocycles. The molecule has 0 spiro atoms. The molecule has 3 rings (SSSR count). The molecule has 1 atom stereocenters. The van der Waals surface area contributed by atoms with Gasteiger partial charge in [0.15, 0.2) is 11.0 Å². The van der Waals surface area contributed by atoms with Gasteiger partial charge in [0, 0.05) is 18.3 Å². The number of amides is 2. The zero-order valence-electron chi connectivity index (χ0n) is 19.0. The number of nitrogens with zero attached hydrogens (tertiary/aromatic N) is 3. The molecule has 1 heterocycles. The first kappa shape index (κ1) is 23.5. The highest BCUT2D eigenvalue weighted by Gasteiger charge is 2.19. The lowest BCUT2D eigenvalue weighted by atomic mass is 10.0. The highest BCUT2D eigenvalue weighted by atomic mass is 32.2. The third-order valence-corrected chi connectivity index (χ3v) is 6.21. The monoisotopic (exact) mass is 451 g/mol. The molecular weight excluding hydrogens is 422 g/mol. The molecule has 0 bridgehead atoms. The number of hydrogen-bond donors (Lipinski definition) is 2. The molecule has 0 aliphatic carbocycles. The second-order valence-corrected chi connectivity index (χ2v) is 8.97. The van der Waals surface area contributed by atoms with Crippen molar-refractivity contribution in [1.29, 1.82) is 0 Å². The van der Waals surface area contributed by atoms with Crippen molar-refractivity contribution < 1.29 is 9.59 Å². The number of thioether (sulfide) groups is 1. The zero-order valence-corrected chi connectivity index (χ0v) is 19.9. The standard InChI is InChI=1S/C24H29N5O2S/c1-15(2)18-10-12-19(13-11-18)26-21(30)14-32-24-28-27-22(29(24)5)17(4)25-23(31)20-9-7-6-8-16(20)3/h6-13,15,17H,14H2,1-5H3,(H,25,31)(H,26,30)/t17-/m0/s1. The first-order valence-corrected chi connectivity index (χ1v) is 11.5. The fourth-order valence-corrected chi connectivity index (χ4v) is 3.99. The van der Waals surface area contributed by atoms with E-state index in [4.69, 9.17) is 0 Å². The van der Waals surface area contributed by atoms with Crippen molar-refractivity contribution in [3.63, 3.8) is 0 Å². The Morgan fingerprint density at radius 3 is 2.38 bits per heavy atom. The van der Waals surface area contributed by atoms with Gasteiger partial charge in [0.2, 0.25) is 5.91 Å². The summed E-state index contributed by atoms with van der Waals surface area (Å²) in [4.78, 5) is 24.9. The molecule has 168 valence electrons. The van der Waals surface area contributed by atoms with Crippen LogP contribution in [0.3, 0.4) is 0 Å². The van der Waals surface area contributed by atoms with E-state index < -0.39 is 0 Å². The molecule has 0 radical (unpaired) electrons. The summed E-state index contributed by atoms with van der Waals surface area (Å²) in [6.45, 7) is 8.03. The molecule has 2 N–H and O–H groups in total. The third-order valence-electron chi connectivity index (χ3n) is 5.19. The van der Waals surface area contributed by atoms with Crippen LogP contribution in [0, 0.1) is 6.92 Å². The van der Waals surface area contributed by atoms with Crippen LogP contribution in [-0.4, -0.2) is 32.3 Å². The molecule has 1 aromatic heterocycles. The van der Waals surface area contributed by atoms with Crippen molar-refractivity contribution in [3.05, 3.63) is 71.0 Å². The average Bonchev–Trinajstić information content (AvgIpc) is 3.13. The van der Waals surface area contributed by atoms with Crippen LogP contribution in [0.1, 0.15) is 60.0 Å². The fourth-order valence-electron chi connectivity index (χ4n) is 3.27. The van der Waals surface area contributed by atoms with Crippen LogP contribution in [-0.2, 0) is 11.8 Å². The van der Waals surface area contributed by atoms with Gasteiger partial charge in [-0.15, -0.1) is 10.2 Å². The molecule has 7 nitrogen and oxygen atoms in total. The largest absolute Gasteiger partial charge is 0.342 e. The first-order chi connectivity index (χ1) is 15.3. The number of carbonyl (C=O) groups is 2. The molecule has 0 aliphatic heterocycles. The van der Waals surface area contributed by atoms with E-state index in [0.717, 1.165) is 11.3 Å². The summed E-state index contributed by atoms with van der Waals surface area (Å²) in [7, 11) is 1.83. The van der Waals surface area contributed by atoms with Gasteiger partial charge in [-0.2, -0.15) is 0 Å². The van der Waals surface area contributed by atoms with E-state index in [1.165, 1.54) is 17.3 Å². The van der Waals surface area contributed by atoms with E-state index in [-0.39, 0.29) is 23.6 Å². The van der Waals surface area contributed by atoms with E-state index in [1.807, 2.05) is 63.4 Å². The number of rotatable bonds is 8. The van der Waals surface area contributed by atoms with Crippen molar-refractivity contribution in [2.75, 3.05) is 11.1 Å². The number of anilines is 1. The van der Waals surface area contributed by atoms with Gasteiger partial charge in [0.1, 0.15) is 0 Å². The minimum atomic E-state index is -0.331. The van der Waals surface area contributed by atoms with Gasteiger partial charge in [-0.05, 0) is 49.1 Å². The van der Waals surface area contributed by atoms with Gasteiger partial charge < -0.3 is 15.2 Å². The summed E-state index contributed by atoms with van der Waals surface area (Å²) in [5, 5.41) is 14.9. The predicted octanol–water partition coefficient (Wildman–Crippen LogP) is 4.47. The first-order valence-electron chi connectivity index (χ1n) is 10.5. The van der Waals surface area contributed by atoms with Crippen LogP contribution in [0.2, 0.25) is 0 Å². The summed E-state index contributed by atoms with van der Waals surface area (Å²) < 4.78 is 1.80. The summed E-state index contributed by atoms with van der Waals surface area (Å²) in [5.74, 6) is 1.01. The molecule has 2 aromatic carbocycles. The fraction of sp³-hybridized carbons (Fsp3) is 0.333. The molecule has 0 aliphatic rings. The molecule has 32 heavy (non-hydrogen) atoms. The quantitative estimate of drug-likeness (QED) is 0.493. The highest BCUT2D eigenvalue weighted by molar-refractivity contribution is 7.99. The summed E-state index contributed by atoms with van der Waals surface area (Å²) in [6.07, 6.45) is 0. The Balaban J connectivity index is 1.56. The van der Waals surface area contributed by atoms with E-state index in [2.05, 4.69) is 34.7 Å². The summed E-state index contributed by atoms with van der Waals surface area (Å²) in [6, 6.07) is 15.0. The Bertz CT molecular complexity index is 1090. The van der Waals surface area contributed by atoms with Crippen LogP contribution in [0.15, 0.2) is 53.7 Å². The van der Waals surface area contributed by atoms with Crippen molar-refractivity contribution >= 4 is 29.3 Å². The lowest BCUT2D eigenvalue weighted by molar-refractivity contribution is -0.113. The van der Waals surface area contributed by atoms with Crippen LogP contribution in [0.5, 0.6) is 0 Å². The Hall–Kier alpha value is -3.13. The second-order valence-electron chi connectivity index (χ2n) is 8.02. The smallest absolute Gasteiger partial charge is 0.252 e. The van der Waals surface area contributed by atoms with E-state index in [0.29, 0.717) is 22.5 Å². The maximum absolute atomic E-state index is 12.6. The topological polar surface area (TPSA) is 88.9 Å². The maximum Gasteiger partial charge on any atom is 0.252 e. The van der Waals surface area contributed by atoms with Gasteiger partial charge in [-0.3, -0.25) is 9.59 Å². The Morgan fingerprint density at radius 2 is 1.72 bits per heavy atom. The lowest BCUT2D eigenvalue weighted by Crippen LogP contribution is -2.29. The van der Waals surface area contributed by atoms with Crippen molar-refractivity contribution in [1.82, 2.24) is 20.1 Å². The molecule has 0 unspecified atom stereocenters. The van der Waals surface area contributed by atoms with Crippen molar-refractivity contribution in [3.8, 4) is 0 Å². The number of hydrogen-bond acceptors (Lipinski definition) is 5. The van der Waals surface area contributed by atoms with Gasteiger partial charge in [0.25, 0.3) is 5.91 Å². The van der Waals surface area contributed by atoms with E-state index in [1.54, 1.807) is 10.6 Å². The summed E-state index contributed by atoms with van der Waals surface area (Å²) >= 11 is 1.30. The molecule has 0 fully saturated rings. The second kappa shape index (κ2) is 10.5. The van der Waals surface area contributed by atoms with Crippen LogP contribution >= 0.6 is 11.8 Å². The normalized spacial score (nSPS) is 11.9. The van der Waals surface area contributed by atoms with Gasteiger partial charge in [0.05, 0.1) is 11.8 Å².